The van der Waals surface area contributed by atoms with Crippen LogP contribution in [-0.2, 0) is 6.61 Å². The number of benzene rings is 1. The van der Waals surface area contributed by atoms with Gasteiger partial charge in [0, 0.05) is 23.7 Å². The van der Waals surface area contributed by atoms with Gasteiger partial charge in [-0.25, -0.2) is 0 Å². The van der Waals surface area contributed by atoms with E-state index in [1.807, 2.05) is 5.38 Å². The van der Waals surface area contributed by atoms with Crippen LogP contribution < -0.4 is 4.74 Å². The third-order valence-electron chi connectivity index (χ3n) is 2.74. The zero-order chi connectivity index (χ0) is 14.1. The van der Waals surface area contributed by atoms with Gasteiger partial charge in [-0.15, -0.1) is 11.3 Å². The van der Waals surface area contributed by atoms with E-state index in [2.05, 4.69) is 4.98 Å². The van der Waals surface area contributed by atoms with Crippen LogP contribution in [0.4, 0.5) is 5.69 Å². The predicted molar refractivity (Wildman–Crippen MR) is 72.2 cm³/mol. The van der Waals surface area contributed by atoms with Gasteiger partial charge in [-0.05, 0) is 12.1 Å². The third-order valence-corrected chi connectivity index (χ3v) is 3.49. The monoisotopic (exact) mass is 291 g/mol. The minimum absolute atomic E-state index is 0.00875. The van der Waals surface area contributed by atoms with E-state index in [-0.39, 0.29) is 12.3 Å². The number of rotatable bonds is 4. The number of imidazole rings is 1. The van der Waals surface area contributed by atoms with Gasteiger partial charge in [0.1, 0.15) is 11.4 Å². The molecule has 3 rings (SSSR count). The lowest BCUT2D eigenvalue weighted by atomic mass is 10.3. The molecule has 0 saturated heterocycles. The van der Waals surface area contributed by atoms with Crippen molar-refractivity contribution in [3.8, 4) is 11.6 Å². The van der Waals surface area contributed by atoms with Crippen molar-refractivity contribution < 1.29 is 14.8 Å². The van der Waals surface area contributed by atoms with Gasteiger partial charge < -0.3 is 9.84 Å². The molecule has 0 amide bonds. The summed E-state index contributed by atoms with van der Waals surface area (Å²) in [6.45, 7) is -0.208. The Morgan fingerprint density at radius 3 is 2.80 bits per heavy atom. The van der Waals surface area contributed by atoms with Crippen molar-refractivity contribution in [2.45, 2.75) is 6.61 Å². The van der Waals surface area contributed by atoms with Crippen LogP contribution in [0.3, 0.4) is 0 Å². The van der Waals surface area contributed by atoms with Gasteiger partial charge in [-0.3, -0.25) is 14.5 Å². The van der Waals surface area contributed by atoms with Crippen LogP contribution in [0.2, 0.25) is 0 Å². The number of fused-ring (bicyclic) bond motifs is 1. The average molecular weight is 291 g/mol. The van der Waals surface area contributed by atoms with Gasteiger partial charge in [-0.2, -0.15) is 4.98 Å². The maximum absolute atomic E-state index is 10.6. The van der Waals surface area contributed by atoms with Gasteiger partial charge in [0.25, 0.3) is 5.69 Å². The highest BCUT2D eigenvalue weighted by atomic mass is 32.1. The van der Waals surface area contributed by atoms with E-state index in [1.165, 1.54) is 35.6 Å². The number of thiazole rings is 1. The number of non-ortho nitro benzene ring substituents is 1. The number of nitro groups is 1. The normalized spacial score (nSPS) is 10.8. The van der Waals surface area contributed by atoms with E-state index in [4.69, 9.17) is 4.74 Å². The summed E-state index contributed by atoms with van der Waals surface area (Å²) in [4.78, 5) is 15.1. The van der Waals surface area contributed by atoms with Gasteiger partial charge >= 0.3 is 0 Å². The van der Waals surface area contributed by atoms with E-state index < -0.39 is 4.92 Å². The molecule has 0 aliphatic carbocycles. The Morgan fingerprint density at radius 2 is 2.15 bits per heavy atom. The molecule has 0 aliphatic heterocycles. The van der Waals surface area contributed by atoms with Crippen LogP contribution in [0.5, 0.6) is 11.6 Å². The second kappa shape index (κ2) is 4.91. The first kappa shape index (κ1) is 12.6. The summed E-state index contributed by atoms with van der Waals surface area (Å²) in [5.74, 6) is 0.726. The molecular weight excluding hydrogens is 282 g/mol. The molecule has 102 valence electrons. The first-order valence-electron chi connectivity index (χ1n) is 5.66. The van der Waals surface area contributed by atoms with Crippen LogP contribution in [0.15, 0.2) is 35.8 Å². The van der Waals surface area contributed by atoms with E-state index in [9.17, 15) is 15.2 Å². The first-order valence-corrected chi connectivity index (χ1v) is 6.54. The van der Waals surface area contributed by atoms with E-state index >= 15 is 0 Å². The van der Waals surface area contributed by atoms with Crippen molar-refractivity contribution in [2.24, 2.45) is 0 Å². The molecule has 3 aromatic rings. The van der Waals surface area contributed by atoms with Crippen molar-refractivity contribution in [3.63, 3.8) is 0 Å². The van der Waals surface area contributed by atoms with Gasteiger partial charge in [0.05, 0.1) is 11.5 Å². The lowest BCUT2D eigenvalue weighted by Gasteiger charge is -2.04. The number of aliphatic hydroxyl groups is 1. The Hall–Kier alpha value is -2.45. The molecule has 0 fully saturated rings. The Morgan fingerprint density at radius 1 is 1.40 bits per heavy atom. The summed E-state index contributed by atoms with van der Waals surface area (Å²) >= 11 is 1.43. The summed E-state index contributed by atoms with van der Waals surface area (Å²) in [5.41, 5.74) is 0.533. The zero-order valence-corrected chi connectivity index (χ0v) is 10.9. The van der Waals surface area contributed by atoms with Crippen LogP contribution >= 0.6 is 11.3 Å². The summed E-state index contributed by atoms with van der Waals surface area (Å²) in [6.07, 6.45) is 1.79. The lowest BCUT2D eigenvalue weighted by molar-refractivity contribution is -0.384. The van der Waals surface area contributed by atoms with Gasteiger partial charge in [0.15, 0.2) is 4.96 Å². The van der Waals surface area contributed by atoms with Crippen LogP contribution in [0.25, 0.3) is 4.96 Å². The molecule has 2 aromatic heterocycles. The molecule has 0 radical (unpaired) electrons. The maximum atomic E-state index is 10.6. The minimum atomic E-state index is -0.477. The molecule has 20 heavy (non-hydrogen) atoms. The standard InChI is InChI=1S/C12H9N3O4S/c16-7-10-11(13-12-14(10)5-6-20-12)19-9-3-1-8(2-4-9)15(17)18/h1-6,16H,7H2. The molecular formula is C12H9N3O4S. The largest absolute Gasteiger partial charge is 0.437 e. The van der Waals surface area contributed by atoms with E-state index in [0.29, 0.717) is 22.3 Å². The van der Waals surface area contributed by atoms with Crippen LogP contribution in [-0.4, -0.2) is 19.4 Å². The first-order chi connectivity index (χ1) is 9.69. The van der Waals surface area contributed by atoms with E-state index in [1.54, 1.807) is 10.6 Å². The number of nitrogens with zero attached hydrogens (tertiary/aromatic N) is 3. The SMILES string of the molecule is O=[N+]([O-])c1ccc(Oc2nc3sccn3c2CO)cc1. The highest BCUT2D eigenvalue weighted by Gasteiger charge is 2.14. The van der Waals surface area contributed by atoms with Crippen LogP contribution in [0, 0.1) is 10.1 Å². The predicted octanol–water partition coefficient (Wildman–Crippen LogP) is 2.59. The fourth-order valence-corrected chi connectivity index (χ4v) is 2.51. The maximum Gasteiger partial charge on any atom is 0.269 e. The lowest BCUT2D eigenvalue weighted by Crippen LogP contribution is -1.94. The number of aromatic nitrogens is 2. The Balaban J connectivity index is 1.92. The topological polar surface area (TPSA) is 89.9 Å². The fraction of sp³-hybridized carbons (Fsp3) is 0.0833. The minimum Gasteiger partial charge on any atom is -0.437 e. The molecule has 0 saturated carbocycles. The number of hydrogen-bond acceptors (Lipinski definition) is 6. The molecule has 0 bridgehead atoms. The highest BCUT2D eigenvalue weighted by molar-refractivity contribution is 7.15. The highest BCUT2D eigenvalue weighted by Crippen LogP contribution is 2.28. The molecule has 2 heterocycles. The smallest absolute Gasteiger partial charge is 0.269 e. The molecule has 1 N–H and O–H groups in total. The van der Waals surface area contributed by atoms with Crippen molar-refractivity contribution in [1.82, 2.24) is 9.38 Å². The van der Waals surface area contributed by atoms with Crippen LogP contribution in [0.1, 0.15) is 5.69 Å². The zero-order valence-electron chi connectivity index (χ0n) is 10.1. The number of nitro benzene ring substituents is 1. The molecule has 0 atom stereocenters. The summed E-state index contributed by atoms with van der Waals surface area (Å²) < 4.78 is 7.31. The molecule has 8 heteroatoms. The number of ether oxygens (including phenoxy) is 1. The quantitative estimate of drug-likeness (QED) is 0.589. The second-order valence-corrected chi connectivity index (χ2v) is 4.80. The van der Waals surface area contributed by atoms with Crippen molar-refractivity contribution in [2.75, 3.05) is 0 Å². The summed E-state index contributed by atoms with van der Waals surface area (Å²) in [5, 5.41) is 21.8. The summed E-state index contributed by atoms with van der Waals surface area (Å²) in [6, 6.07) is 5.69. The molecule has 0 spiro atoms. The Labute approximate surface area is 116 Å². The van der Waals surface area contributed by atoms with Gasteiger partial charge in [0.2, 0.25) is 5.88 Å². The second-order valence-electron chi connectivity index (χ2n) is 3.93. The van der Waals surface area contributed by atoms with Gasteiger partial charge in [-0.1, -0.05) is 0 Å². The van der Waals surface area contributed by atoms with Crippen molar-refractivity contribution in [3.05, 3.63) is 51.7 Å². The van der Waals surface area contributed by atoms with E-state index in [0.717, 1.165) is 0 Å². The molecule has 1 aromatic carbocycles. The molecule has 7 nitrogen and oxygen atoms in total. The Kier molecular flexibility index (Phi) is 3.09. The fourth-order valence-electron chi connectivity index (χ4n) is 1.79. The van der Waals surface area contributed by atoms with Crippen molar-refractivity contribution in [1.29, 1.82) is 0 Å². The Bertz CT molecular complexity index is 763. The number of aliphatic hydroxyl groups excluding tert-OH is 1. The molecule has 0 aliphatic rings. The number of hydrogen-bond donors (Lipinski definition) is 1. The third kappa shape index (κ3) is 2.10. The summed E-state index contributed by atoms with van der Waals surface area (Å²) in [7, 11) is 0. The average Bonchev–Trinajstić information content (AvgIpc) is 2.99. The van der Waals surface area contributed by atoms with Crippen molar-refractivity contribution >= 4 is 22.0 Å². The molecule has 0 unspecified atom stereocenters.